The largest absolute Gasteiger partial charge is 0.457 e. The standard InChI is InChI=1S/C27H40FNO5S/c1-15-9-11-22(17(3)12-20-14-35-19(5)29-20)34-24(31)13-23(30)27(6,7)26(33)18(4)25(32)16(2)8-10-21(15)28/h9,12,14,16,18,21-23,25,30,32H,8,10-11,13H2,1-7H3/b15-9-,17-12+/t16-,18+,21?,22-,23-,25-/m0/s1. The first kappa shape index (κ1) is 29.3. The molecule has 1 aromatic heterocycles. The molecule has 6 atom stereocenters. The number of alkyl halides is 1. The predicted molar refractivity (Wildman–Crippen MR) is 137 cm³/mol. The van der Waals surface area contributed by atoms with Gasteiger partial charge in [0.25, 0.3) is 0 Å². The minimum absolute atomic E-state index is 0.213. The number of hydrogen-bond donors (Lipinski definition) is 2. The molecule has 0 amide bonds. The van der Waals surface area contributed by atoms with E-state index in [-0.39, 0.29) is 31.0 Å². The average molecular weight is 510 g/mol. The van der Waals surface area contributed by atoms with E-state index < -0.39 is 41.8 Å². The molecule has 6 nitrogen and oxygen atoms in total. The minimum atomic E-state index is -1.28. The van der Waals surface area contributed by atoms with Gasteiger partial charge in [-0.15, -0.1) is 11.3 Å². The van der Waals surface area contributed by atoms with Crippen molar-refractivity contribution in [3.05, 3.63) is 33.3 Å². The van der Waals surface area contributed by atoms with Crippen molar-refractivity contribution in [2.75, 3.05) is 0 Å². The lowest BCUT2D eigenvalue weighted by molar-refractivity contribution is -0.154. The lowest BCUT2D eigenvalue weighted by Gasteiger charge is -2.34. The number of ether oxygens (including phenoxy) is 1. The molecule has 0 radical (unpaired) electrons. The van der Waals surface area contributed by atoms with Gasteiger partial charge < -0.3 is 14.9 Å². The number of carbonyl (C=O) groups is 2. The average Bonchev–Trinajstić information content (AvgIpc) is 3.21. The Morgan fingerprint density at radius 1 is 1.23 bits per heavy atom. The van der Waals surface area contributed by atoms with Crippen molar-refractivity contribution < 1.29 is 28.9 Å². The smallest absolute Gasteiger partial charge is 0.309 e. The summed E-state index contributed by atoms with van der Waals surface area (Å²) in [5.41, 5.74) is 0.765. The van der Waals surface area contributed by atoms with E-state index in [4.69, 9.17) is 4.74 Å². The number of ketones is 1. The molecule has 1 unspecified atom stereocenters. The number of esters is 1. The number of cyclic esters (lactones) is 1. The highest BCUT2D eigenvalue weighted by Gasteiger charge is 2.42. The highest BCUT2D eigenvalue weighted by Crippen LogP contribution is 2.33. The zero-order chi connectivity index (χ0) is 26.5. The van der Waals surface area contributed by atoms with E-state index in [1.54, 1.807) is 40.7 Å². The van der Waals surface area contributed by atoms with Gasteiger partial charge in [0.2, 0.25) is 0 Å². The van der Waals surface area contributed by atoms with Gasteiger partial charge in [-0.25, -0.2) is 9.37 Å². The topological polar surface area (TPSA) is 96.7 Å². The van der Waals surface area contributed by atoms with Gasteiger partial charge in [-0.05, 0) is 56.8 Å². The van der Waals surface area contributed by atoms with Crippen LogP contribution in [0, 0.1) is 24.2 Å². The molecule has 1 aliphatic heterocycles. The number of thiazole rings is 1. The van der Waals surface area contributed by atoms with Gasteiger partial charge in [0.15, 0.2) is 0 Å². The zero-order valence-electron chi connectivity index (χ0n) is 21.9. The van der Waals surface area contributed by atoms with Crippen LogP contribution in [0.2, 0.25) is 0 Å². The number of allylic oxidation sites excluding steroid dienone is 1. The van der Waals surface area contributed by atoms with Gasteiger partial charge in [-0.1, -0.05) is 33.8 Å². The minimum Gasteiger partial charge on any atom is -0.457 e. The summed E-state index contributed by atoms with van der Waals surface area (Å²) in [5.74, 6) is -2.07. The third-order valence-corrected chi connectivity index (χ3v) is 7.95. The molecule has 196 valence electrons. The number of halogens is 1. The van der Waals surface area contributed by atoms with E-state index >= 15 is 0 Å². The van der Waals surface area contributed by atoms with Gasteiger partial charge in [0.05, 0.1) is 34.7 Å². The summed E-state index contributed by atoms with van der Waals surface area (Å²) in [7, 11) is 0. The van der Waals surface area contributed by atoms with Crippen molar-refractivity contribution in [2.45, 2.75) is 98.6 Å². The lowest BCUT2D eigenvalue weighted by Crippen LogP contribution is -2.45. The van der Waals surface area contributed by atoms with Crippen molar-refractivity contribution in [3.8, 4) is 0 Å². The Hall–Kier alpha value is -1.90. The van der Waals surface area contributed by atoms with Gasteiger partial charge in [0, 0.05) is 17.7 Å². The number of Topliss-reactive ketones (excluding diaryl/α,β-unsaturated/α-hetero) is 1. The van der Waals surface area contributed by atoms with E-state index in [2.05, 4.69) is 4.98 Å². The van der Waals surface area contributed by atoms with E-state index in [1.807, 2.05) is 25.3 Å². The monoisotopic (exact) mass is 509 g/mol. The second kappa shape index (κ2) is 12.4. The van der Waals surface area contributed by atoms with Crippen LogP contribution in [0.5, 0.6) is 0 Å². The Morgan fingerprint density at radius 2 is 1.89 bits per heavy atom. The van der Waals surface area contributed by atoms with Crippen LogP contribution >= 0.6 is 11.3 Å². The van der Waals surface area contributed by atoms with Crippen molar-refractivity contribution in [1.29, 1.82) is 0 Å². The maximum absolute atomic E-state index is 14.9. The molecule has 0 aliphatic carbocycles. The van der Waals surface area contributed by atoms with Crippen LogP contribution in [0.3, 0.4) is 0 Å². The summed E-state index contributed by atoms with van der Waals surface area (Å²) < 4.78 is 20.6. The molecule has 0 saturated heterocycles. The second-order valence-corrected chi connectivity index (χ2v) is 11.5. The molecule has 0 saturated carbocycles. The number of aliphatic hydroxyl groups is 2. The summed E-state index contributed by atoms with van der Waals surface area (Å²) >= 11 is 1.51. The fourth-order valence-corrected chi connectivity index (χ4v) is 4.92. The van der Waals surface area contributed by atoms with E-state index in [1.165, 1.54) is 11.3 Å². The van der Waals surface area contributed by atoms with Crippen LogP contribution in [-0.4, -0.2) is 51.4 Å². The van der Waals surface area contributed by atoms with Crippen LogP contribution in [0.15, 0.2) is 22.6 Å². The maximum Gasteiger partial charge on any atom is 0.309 e. The summed E-state index contributed by atoms with van der Waals surface area (Å²) in [6.07, 6.45) is -0.0115. The molecule has 0 bridgehead atoms. The first-order valence-corrected chi connectivity index (χ1v) is 13.1. The second-order valence-electron chi connectivity index (χ2n) is 10.4. The molecule has 8 heteroatoms. The Morgan fingerprint density at radius 3 is 2.49 bits per heavy atom. The highest BCUT2D eigenvalue weighted by molar-refractivity contribution is 7.09. The normalized spacial score (nSPS) is 33.7. The number of aryl methyl sites for hydroxylation is 1. The van der Waals surface area contributed by atoms with Crippen LogP contribution in [0.25, 0.3) is 6.08 Å². The number of carbonyl (C=O) groups excluding carboxylic acids is 2. The summed E-state index contributed by atoms with van der Waals surface area (Å²) in [6, 6.07) is 0. The highest BCUT2D eigenvalue weighted by atomic mass is 32.1. The number of nitrogens with zero attached hydrogens (tertiary/aromatic N) is 1. The first-order valence-electron chi connectivity index (χ1n) is 12.2. The fourth-order valence-electron chi connectivity index (χ4n) is 4.35. The fraction of sp³-hybridized carbons (Fsp3) is 0.667. The molecule has 1 aliphatic rings. The molecule has 1 aromatic rings. The molecule has 0 fully saturated rings. The van der Waals surface area contributed by atoms with Crippen molar-refractivity contribution in [1.82, 2.24) is 4.98 Å². The molecule has 2 N–H and O–H groups in total. The summed E-state index contributed by atoms with van der Waals surface area (Å²) in [5, 5.41) is 24.4. The van der Waals surface area contributed by atoms with Crippen LogP contribution in [0.4, 0.5) is 4.39 Å². The zero-order valence-corrected chi connectivity index (χ0v) is 22.7. The summed E-state index contributed by atoms with van der Waals surface area (Å²) in [6.45, 7) is 12.0. The van der Waals surface area contributed by atoms with Crippen molar-refractivity contribution in [2.24, 2.45) is 17.3 Å². The number of hydrogen-bond acceptors (Lipinski definition) is 7. The molecule has 0 spiro atoms. The Bertz CT molecular complexity index is 953. The van der Waals surface area contributed by atoms with E-state index in [9.17, 15) is 24.2 Å². The quantitative estimate of drug-likeness (QED) is 0.419. The van der Waals surface area contributed by atoms with Gasteiger partial charge in [-0.3, -0.25) is 9.59 Å². The molecular formula is C27H40FNO5S. The SMILES string of the molecule is C/C1=C/C[C@@H](/C(C)=C/c2csc(C)n2)OC(=O)C[C@H](O)C(C)(C)C(=O)[C@H](C)[C@@H](O)[C@@H](C)CCC1F. The van der Waals surface area contributed by atoms with Crippen molar-refractivity contribution >= 4 is 29.2 Å². The van der Waals surface area contributed by atoms with E-state index in [0.29, 0.717) is 12.0 Å². The Balaban J connectivity index is 2.38. The third-order valence-electron chi connectivity index (χ3n) is 7.15. The lowest BCUT2D eigenvalue weighted by atomic mass is 9.73. The molecule has 2 heterocycles. The Labute approximate surface area is 212 Å². The number of rotatable bonds is 2. The predicted octanol–water partition coefficient (Wildman–Crippen LogP) is 5.21. The van der Waals surface area contributed by atoms with Crippen LogP contribution in [0.1, 0.15) is 77.9 Å². The Kier molecular flexibility index (Phi) is 10.4. The maximum atomic E-state index is 14.9. The van der Waals surface area contributed by atoms with Gasteiger partial charge in [-0.2, -0.15) is 0 Å². The van der Waals surface area contributed by atoms with Gasteiger partial charge in [0.1, 0.15) is 18.1 Å². The molecule has 35 heavy (non-hydrogen) atoms. The first-order chi connectivity index (χ1) is 16.2. The molecular weight excluding hydrogens is 469 g/mol. The molecule has 0 aromatic carbocycles. The van der Waals surface area contributed by atoms with Gasteiger partial charge >= 0.3 is 5.97 Å². The van der Waals surface area contributed by atoms with Crippen molar-refractivity contribution in [3.63, 3.8) is 0 Å². The third kappa shape index (κ3) is 7.79. The number of aromatic nitrogens is 1. The van der Waals surface area contributed by atoms with Crippen LogP contribution < -0.4 is 0 Å². The number of aliphatic hydroxyl groups excluding tert-OH is 2. The van der Waals surface area contributed by atoms with Crippen LogP contribution in [-0.2, 0) is 14.3 Å². The van der Waals surface area contributed by atoms with E-state index in [0.717, 1.165) is 16.3 Å². The molecule has 2 rings (SSSR count). The summed E-state index contributed by atoms with van der Waals surface area (Å²) in [4.78, 5) is 30.4.